The number of nitro groups is 1. The molecule has 3 aromatic rings. The lowest BCUT2D eigenvalue weighted by molar-refractivity contribution is -0.384. The molecular weight excluding hydrogens is 348 g/mol. The Labute approximate surface area is 155 Å². The number of ether oxygens (including phenoxy) is 1. The summed E-state index contributed by atoms with van der Waals surface area (Å²) in [5.41, 5.74) is 3.30. The number of fused-ring (bicyclic) bond motifs is 1. The largest absolute Gasteiger partial charge is 0.497 e. The number of aromatic nitrogens is 2. The zero-order valence-corrected chi connectivity index (χ0v) is 14.8. The summed E-state index contributed by atoms with van der Waals surface area (Å²) in [6, 6.07) is 12.3. The van der Waals surface area contributed by atoms with Crippen LogP contribution in [0.2, 0.25) is 0 Å². The van der Waals surface area contributed by atoms with Gasteiger partial charge in [0.05, 0.1) is 18.6 Å². The number of nitrogens with zero attached hydrogens (tertiary/aromatic N) is 4. The van der Waals surface area contributed by atoms with E-state index in [9.17, 15) is 10.1 Å². The topological polar surface area (TPSA) is 94.5 Å². The fourth-order valence-electron chi connectivity index (χ4n) is 3.21. The molecule has 0 spiro atoms. The molecule has 0 amide bonds. The highest BCUT2D eigenvalue weighted by molar-refractivity contribution is 5.56. The zero-order valence-electron chi connectivity index (χ0n) is 14.8. The lowest BCUT2D eigenvalue weighted by atomic mass is 9.99. The third kappa shape index (κ3) is 3.65. The summed E-state index contributed by atoms with van der Waals surface area (Å²) in [6.07, 6.45) is 0.961. The second-order valence-corrected chi connectivity index (χ2v) is 6.41. The van der Waals surface area contributed by atoms with Gasteiger partial charge in [0.1, 0.15) is 5.75 Å². The first-order chi connectivity index (χ1) is 13.1. The average Bonchev–Trinajstić information content (AvgIpc) is 3.16. The molecule has 0 radical (unpaired) electrons. The second-order valence-electron chi connectivity index (χ2n) is 6.41. The minimum absolute atomic E-state index is 0.0323. The molecular formula is C19H18N4O4. The van der Waals surface area contributed by atoms with E-state index in [2.05, 4.69) is 27.2 Å². The SMILES string of the molecule is COc1ccc2c(c1)CN(Cc1nc(-c3ccc([N+](=O)[O-])cc3)no1)CC2. The van der Waals surface area contributed by atoms with Crippen molar-refractivity contribution >= 4 is 5.69 Å². The molecule has 0 fully saturated rings. The van der Waals surface area contributed by atoms with Crippen LogP contribution in [0.25, 0.3) is 11.4 Å². The summed E-state index contributed by atoms with van der Waals surface area (Å²) in [7, 11) is 1.67. The number of rotatable bonds is 5. The average molecular weight is 366 g/mol. The number of nitro benzene ring substituents is 1. The van der Waals surface area contributed by atoms with Crippen LogP contribution < -0.4 is 4.74 Å². The second kappa shape index (κ2) is 7.16. The lowest BCUT2D eigenvalue weighted by Gasteiger charge is -2.27. The molecule has 8 nitrogen and oxygen atoms in total. The molecule has 1 aliphatic rings. The minimum Gasteiger partial charge on any atom is -0.497 e. The molecule has 27 heavy (non-hydrogen) atoms. The molecule has 2 heterocycles. The highest BCUT2D eigenvalue weighted by Gasteiger charge is 2.20. The Hall–Kier alpha value is -3.26. The quantitative estimate of drug-likeness (QED) is 0.505. The van der Waals surface area contributed by atoms with Gasteiger partial charge in [-0.25, -0.2) is 0 Å². The third-order valence-electron chi connectivity index (χ3n) is 4.67. The molecule has 2 aromatic carbocycles. The molecule has 138 valence electrons. The molecule has 0 atom stereocenters. The van der Waals surface area contributed by atoms with Crippen LogP contribution in [0.1, 0.15) is 17.0 Å². The van der Waals surface area contributed by atoms with Crippen LogP contribution in [0.15, 0.2) is 47.0 Å². The van der Waals surface area contributed by atoms with Crippen molar-refractivity contribution in [2.24, 2.45) is 0 Å². The van der Waals surface area contributed by atoms with E-state index in [1.54, 1.807) is 19.2 Å². The van der Waals surface area contributed by atoms with Crippen molar-refractivity contribution in [3.8, 4) is 17.1 Å². The maximum absolute atomic E-state index is 10.7. The minimum atomic E-state index is -0.436. The van der Waals surface area contributed by atoms with Crippen LogP contribution in [-0.4, -0.2) is 33.6 Å². The van der Waals surface area contributed by atoms with Crippen LogP contribution in [0.5, 0.6) is 5.75 Å². The fraction of sp³-hybridized carbons (Fsp3) is 0.263. The lowest BCUT2D eigenvalue weighted by Crippen LogP contribution is -2.30. The van der Waals surface area contributed by atoms with Crippen molar-refractivity contribution in [3.63, 3.8) is 0 Å². The van der Waals surface area contributed by atoms with Crippen molar-refractivity contribution in [3.05, 3.63) is 69.6 Å². The molecule has 0 saturated heterocycles. The standard InChI is InChI=1S/C19H18N4O4/c1-26-17-7-4-13-8-9-22(11-15(13)10-17)12-18-20-19(21-27-18)14-2-5-16(6-3-14)23(24)25/h2-7,10H,8-9,11-12H2,1H3. The first kappa shape index (κ1) is 17.2. The van der Waals surface area contributed by atoms with E-state index >= 15 is 0 Å². The van der Waals surface area contributed by atoms with Crippen molar-refractivity contribution in [2.45, 2.75) is 19.5 Å². The van der Waals surface area contributed by atoms with Crippen molar-refractivity contribution in [1.82, 2.24) is 15.0 Å². The van der Waals surface area contributed by atoms with Crippen LogP contribution in [-0.2, 0) is 19.5 Å². The summed E-state index contributed by atoms with van der Waals surface area (Å²) in [6.45, 7) is 2.26. The Kier molecular flexibility index (Phi) is 4.55. The van der Waals surface area contributed by atoms with Gasteiger partial charge in [0, 0.05) is 30.8 Å². The van der Waals surface area contributed by atoms with Gasteiger partial charge in [-0.15, -0.1) is 0 Å². The van der Waals surface area contributed by atoms with Gasteiger partial charge in [-0.3, -0.25) is 15.0 Å². The van der Waals surface area contributed by atoms with Crippen molar-refractivity contribution in [2.75, 3.05) is 13.7 Å². The molecule has 0 saturated carbocycles. The van der Waals surface area contributed by atoms with E-state index in [1.807, 2.05) is 6.07 Å². The van der Waals surface area contributed by atoms with Crippen molar-refractivity contribution in [1.29, 1.82) is 0 Å². The zero-order chi connectivity index (χ0) is 18.8. The number of benzene rings is 2. The van der Waals surface area contributed by atoms with E-state index in [0.29, 0.717) is 23.8 Å². The summed E-state index contributed by atoms with van der Waals surface area (Å²) in [4.78, 5) is 17.0. The van der Waals surface area contributed by atoms with Gasteiger partial charge in [0.25, 0.3) is 5.69 Å². The van der Waals surface area contributed by atoms with Crippen LogP contribution in [0, 0.1) is 10.1 Å². The Balaban J connectivity index is 1.45. The molecule has 1 aliphatic heterocycles. The first-order valence-corrected chi connectivity index (χ1v) is 8.58. The molecule has 0 bridgehead atoms. The maximum atomic E-state index is 10.7. The summed E-state index contributed by atoms with van der Waals surface area (Å²) in [5.74, 6) is 1.81. The molecule has 4 rings (SSSR count). The number of hydrogen-bond acceptors (Lipinski definition) is 7. The van der Waals surface area contributed by atoms with Gasteiger partial charge in [-0.05, 0) is 41.8 Å². The summed E-state index contributed by atoms with van der Waals surface area (Å²) >= 11 is 0. The Morgan fingerprint density at radius 3 is 2.78 bits per heavy atom. The fourth-order valence-corrected chi connectivity index (χ4v) is 3.21. The third-order valence-corrected chi connectivity index (χ3v) is 4.67. The monoisotopic (exact) mass is 366 g/mol. The van der Waals surface area contributed by atoms with Gasteiger partial charge in [0.15, 0.2) is 0 Å². The van der Waals surface area contributed by atoms with Gasteiger partial charge in [0.2, 0.25) is 11.7 Å². The van der Waals surface area contributed by atoms with E-state index < -0.39 is 4.92 Å². The number of hydrogen-bond donors (Lipinski definition) is 0. The van der Waals surface area contributed by atoms with E-state index in [-0.39, 0.29) is 5.69 Å². The van der Waals surface area contributed by atoms with E-state index in [0.717, 1.165) is 25.3 Å². The maximum Gasteiger partial charge on any atom is 0.269 e. The predicted octanol–water partition coefficient (Wildman–Crippen LogP) is 3.21. The summed E-state index contributed by atoms with van der Waals surface area (Å²) in [5, 5.41) is 14.7. The van der Waals surface area contributed by atoms with Crippen LogP contribution in [0.3, 0.4) is 0 Å². The van der Waals surface area contributed by atoms with Gasteiger partial charge in [-0.1, -0.05) is 11.2 Å². The highest BCUT2D eigenvalue weighted by atomic mass is 16.6. The Morgan fingerprint density at radius 1 is 1.22 bits per heavy atom. The summed E-state index contributed by atoms with van der Waals surface area (Å²) < 4.78 is 10.7. The molecule has 1 aromatic heterocycles. The molecule has 0 N–H and O–H groups in total. The van der Waals surface area contributed by atoms with Gasteiger partial charge in [-0.2, -0.15) is 4.98 Å². The van der Waals surface area contributed by atoms with E-state index in [4.69, 9.17) is 9.26 Å². The van der Waals surface area contributed by atoms with Crippen molar-refractivity contribution < 1.29 is 14.2 Å². The Morgan fingerprint density at radius 2 is 2.04 bits per heavy atom. The van der Waals surface area contributed by atoms with Crippen LogP contribution in [0.4, 0.5) is 5.69 Å². The first-order valence-electron chi connectivity index (χ1n) is 8.58. The molecule has 0 aliphatic carbocycles. The molecule has 8 heteroatoms. The number of non-ortho nitro benzene ring substituents is 1. The Bertz CT molecular complexity index is 968. The smallest absolute Gasteiger partial charge is 0.269 e. The molecule has 0 unspecified atom stereocenters. The van der Waals surface area contributed by atoms with Gasteiger partial charge >= 0.3 is 0 Å². The highest BCUT2D eigenvalue weighted by Crippen LogP contribution is 2.25. The van der Waals surface area contributed by atoms with Crippen LogP contribution >= 0.6 is 0 Å². The van der Waals surface area contributed by atoms with E-state index in [1.165, 1.54) is 23.3 Å². The van der Waals surface area contributed by atoms with Gasteiger partial charge < -0.3 is 9.26 Å². The predicted molar refractivity (Wildman–Crippen MR) is 97.2 cm³/mol. The normalized spacial score (nSPS) is 14.0. The number of methoxy groups -OCH3 is 1.